The zero-order valence-electron chi connectivity index (χ0n) is 13.9. The van der Waals surface area contributed by atoms with Gasteiger partial charge in [-0.05, 0) is 31.0 Å². The second-order valence-electron chi connectivity index (χ2n) is 6.41. The van der Waals surface area contributed by atoms with Crippen molar-refractivity contribution in [2.24, 2.45) is 0 Å². The van der Waals surface area contributed by atoms with Crippen LogP contribution < -0.4 is 0 Å². The van der Waals surface area contributed by atoms with E-state index in [0.29, 0.717) is 5.75 Å². The number of rotatable bonds is 6. The van der Waals surface area contributed by atoms with Gasteiger partial charge in [0.1, 0.15) is 5.75 Å². The molecule has 1 aromatic rings. The monoisotopic (exact) mass is 320 g/mol. The Bertz CT molecular complexity index is 483. The number of hydrogen-bond acceptors (Lipinski definition) is 5. The SMILES string of the molecule is Oc1ccc(CCCN2CCOCC2)cc1CN1CCOCC1. The molecule has 2 aliphatic rings. The summed E-state index contributed by atoms with van der Waals surface area (Å²) in [5.41, 5.74) is 2.36. The zero-order chi connectivity index (χ0) is 15.9. The molecule has 0 amide bonds. The lowest BCUT2D eigenvalue weighted by atomic mass is 10.0. The Morgan fingerprint density at radius 3 is 2.26 bits per heavy atom. The fourth-order valence-electron chi connectivity index (χ4n) is 3.25. The van der Waals surface area contributed by atoms with E-state index in [9.17, 15) is 5.11 Å². The molecule has 0 aromatic heterocycles. The lowest BCUT2D eigenvalue weighted by Gasteiger charge is -2.27. The molecule has 2 heterocycles. The third kappa shape index (κ3) is 5.18. The maximum absolute atomic E-state index is 10.1. The van der Waals surface area contributed by atoms with Crippen molar-refractivity contribution in [3.8, 4) is 5.75 Å². The summed E-state index contributed by atoms with van der Waals surface area (Å²) >= 11 is 0. The van der Waals surface area contributed by atoms with Crippen LogP contribution in [-0.2, 0) is 22.4 Å². The average Bonchev–Trinajstić information content (AvgIpc) is 2.60. The summed E-state index contributed by atoms with van der Waals surface area (Å²) in [6.45, 7) is 9.25. The number of phenolic OH excluding ortho intramolecular Hbond substituents is 1. The Hall–Kier alpha value is -1.14. The maximum atomic E-state index is 10.1. The summed E-state index contributed by atoms with van der Waals surface area (Å²) < 4.78 is 10.8. The highest BCUT2D eigenvalue weighted by Crippen LogP contribution is 2.21. The third-order valence-electron chi connectivity index (χ3n) is 4.69. The molecule has 3 rings (SSSR count). The van der Waals surface area contributed by atoms with Crippen LogP contribution in [-0.4, -0.2) is 74.1 Å². The first-order valence-electron chi connectivity index (χ1n) is 8.72. The van der Waals surface area contributed by atoms with Crippen LogP contribution in [0, 0.1) is 0 Å². The van der Waals surface area contributed by atoms with Crippen molar-refractivity contribution in [2.45, 2.75) is 19.4 Å². The fraction of sp³-hybridized carbons (Fsp3) is 0.667. The van der Waals surface area contributed by atoms with Gasteiger partial charge in [0, 0.05) is 38.3 Å². The van der Waals surface area contributed by atoms with E-state index >= 15 is 0 Å². The molecule has 23 heavy (non-hydrogen) atoms. The molecule has 2 saturated heterocycles. The quantitative estimate of drug-likeness (QED) is 0.860. The van der Waals surface area contributed by atoms with Crippen LogP contribution in [0.25, 0.3) is 0 Å². The molecule has 128 valence electrons. The van der Waals surface area contributed by atoms with Crippen LogP contribution in [0.15, 0.2) is 18.2 Å². The first-order valence-corrected chi connectivity index (χ1v) is 8.72. The van der Waals surface area contributed by atoms with Crippen LogP contribution >= 0.6 is 0 Å². The van der Waals surface area contributed by atoms with Crippen molar-refractivity contribution in [3.05, 3.63) is 29.3 Å². The third-order valence-corrected chi connectivity index (χ3v) is 4.69. The number of phenols is 1. The van der Waals surface area contributed by atoms with Gasteiger partial charge in [-0.15, -0.1) is 0 Å². The van der Waals surface area contributed by atoms with Crippen molar-refractivity contribution < 1.29 is 14.6 Å². The normalized spacial score (nSPS) is 20.7. The minimum atomic E-state index is 0.411. The van der Waals surface area contributed by atoms with Gasteiger partial charge in [-0.1, -0.05) is 12.1 Å². The molecule has 1 N–H and O–H groups in total. The minimum Gasteiger partial charge on any atom is -0.508 e. The molecule has 2 aliphatic heterocycles. The molecule has 0 unspecified atom stereocenters. The molecule has 0 radical (unpaired) electrons. The Balaban J connectivity index is 1.50. The molecular weight excluding hydrogens is 292 g/mol. The van der Waals surface area contributed by atoms with Gasteiger partial charge in [-0.25, -0.2) is 0 Å². The highest BCUT2D eigenvalue weighted by Gasteiger charge is 2.14. The van der Waals surface area contributed by atoms with Crippen molar-refractivity contribution in [1.82, 2.24) is 9.80 Å². The van der Waals surface area contributed by atoms with Gasteiger partial charge in [-0.3, -0.25) is 9.80 Å². The standard InChI is InChI=1S/C18H28N2O3/c21-18-4-3-16(2-1-5-19-6-10-22-11-7-19)14-17(18)15-20-8-12-23-13-9-20/h3-4,14,21H,1-2,5-13,15H2. The number of nitrogens with zero attached hydrogens (tertiary/aromatic N) is 2. The van der Waals surface area contributed by atoms with Gasteiger partial charge in [0.2, 0.25) is 0 Å². The minimum absolute atomic E-state index is 0.411. The van der Waals surface area contributed by atoms with Crippen LogP contribution in [0.1, 0.15) is 17.5 Å². The molecule has 5 nitrogen and oxygen atoms in total. The predicted molar refractivity (Wildman–Crippen MR) is 89.8 cm³/mol. The number of morpholine rings is 2. The molecule has 0 aliphatic carbocycles. The van der Waals surface area contributed by atoms with E-state index in [1.165, 1.54) is 5.56 Å². The van der Waals surface area contributed by atoms with Crippen LogP contribution in [0.2, 0.25) is 0 Å². The van der Waals surface area contributed by atoms with Crippen LogP contribution in [0.3, 0.4) is 0 Å². The zero-order valence-corrected chi connectivity index (χ0v) is 13.9. The Labute approximate surface area is 138 Å². The van der Waals surface area contributed by atoms with E-state index in [1.807, 2.05) is 6.07 Å². The molecule has 1 aromatic carbocycles. The number of ether oxygens (including phenoxy) is 2. The highest BCUT2D eigenvalue weighted by molar-refractivity contribution is 5.36. The van der Waals surface area contributed by atoms with Crippen molar-refractivity contribution in [2.75, 3.05) is 59.2 Å². The van der Waals surface area contributed by atoms with E-state index in [-0.39, 0.29) is 0 Å². The smallest absolute Gasteiger partial charge is 0.120 e. The summed E-state index contributed by atoms with van der Waals surface area (Å²) in [5, 5.41) is 10.1. The van der Waals surface area contributed by atoms with Crippen molar-refractivity contribution in [3.63, 3.8) is 0 Å². The maximum Gasteiger partial charge on any atom is 0.120 e. The first kappa shape index (κ1) is 16.7. The lowest BCUT2D eigenvalue weighted by molar-refractivity contribution is 0.0339. The van der Waals surface area contributed by atoms with Gasteiger partial charge in [0.25, 0.3) is 0 Å². The Kier molecular flexibility index (Phi) is 6.28. The molecule has 2 fully saturated rings. The molecule has 0 spiro atoms. The second kappa shape index (κ2) is 8.64. The topological polar surface area (TPSA) is 45.2 Å². The molecule has 0 bridgehead atoms. The van der Waals surface area contributed by atoms with Crippen molar-refractivity contribution in [1.29, 1.82) is 0 Å². The van der Waals surface area contributed by atoms with E-state index in [0.717, 1.165) is 84.1 Å². The van der Waals surface area contributed by atoms with E-state index < -0.39 is 0 Å². The van der Waals surface area contributed by atoms with Crippen LogP contribution in [0.4, 0.5) is 0 Å². The van der Waals surface area contributed by atoms with Gasteiger partial charge in [0.15, 0.2) is 0 Å². The summed E-state index contributed by atoms with van der Waals surface area (Å²) in [5.74, 6) is 0.411. The average molecular weight is 320 g/mol. The van der Waals surface area contributed by atoms with E-state index in [1.54, 1.807) is 0 Å². The number of aryl methyl sites for hydroxylation is 1. The predicted octanol–water partition coefficient (Wildman–Crippen LogP) is 1.49. The summed E-state index contributed by atoms with van der Waals surface area (Å²) in [7, 11) is 0. The van der Waals surface area contributed by atoms with Crippen molar-refractivity contribution >= 4 is 0 Å². The summed E-state index contributed by atoms with van der Waals surface area (Å²) in [6, 6.07) is 6.07. The Morgan fingerprint density at radius 1 is 0.913 bits per heavy atom. The van der Waals surface area contributed by atoms with E-state index in [2.05, 4.69) is 21.9 Å². The van der Waals surface area contributed by atoms with Crippen LogP contribution in [0.5, 0.6) is 5.75 Å². The van der Waals surface area contributed by atoms with Gasteiger partial charge in [0.05, 0.1) is 26.4 Å². The van der Waals surface area contributed by atoms with Gasteiger partial charge < -0.3 is 14.6 Å². The van der Waals surface area contributed by atoms with Gasteiger partial charge in [-0.2, -0.15) is 0 Å². The Morgan fingerprint density at radius 2 is 1.57 bits per heavy atom. The summed E-state index contributed by atoms with van der Waals surface area (Å²) in [4.78, 5) is 4.81. The number of hydrogen-bond donors (Lipinski definition) is 1. The highest BCUT2D eigenvalue weighted by atomic mass is 16.5. The van der Waals surface area contributed by atoms with Gasteiger partial charge >= 0.3 is 0 Å². The number of aromatic hydroxyl groups is 1. The first-order chi connectivity index (χ1) is 11.3. The molecule has 5 heteroatoms. The lowest BCUT2D eigenvalue weighted by Crippen LogP contribution is -2.37. The van der Waals surface area contributed by atoms with E-state index in [4.69, 9.17) is 9.47 Å². The molecular formula is C18H28N2O3. The fourth-order valence-corrected chi connectivity index (χ4v) is 3.25. The number of benzene rings is 1. The summed E-state index contributed by atoms with van der Waals surface area (Å²) in [6.07, 6.45) is 2.22. The largest absolute Gasteiger partial charge is 0.508 e. The second-order valence-corrected chi connectivity index (χ2v) is 6.41. The molecule has 0 saturated carbocycles. The molecule has 0 atom stereocenters.